The summed E-state index contributed by atoms with van der Waals surface area (Å²) in [5, 5.41) is 13.8. The van der Waals surface area contributed by atoms with Crippen LogP contribution in [0.4, 0.5) is 5.82 Å². The largest absolute Gasteiger partial charge is 0.341 e. The summed E-state index contributed by atoms with van der Waals surface area (Å²) in [7, 11) is 0. The number of aromatic nitrogens is 1. The van der Waals surface area contributed by atoms with E-state index in [9.17, 15) is 9.59 Å². The van der Waals surface area contributed by atoms with Gasteiger partial charge in [0.05, 0.1) is 11.6 Å². The van der Waals surface area contributed by atoms with Crippen LogP contribution in [0.15, 0.2) is 36.5 Å². The van der Waals surface area contributed by atoms with E-state index in [4.69, 9.17) is 5.26 Å². The molecule has 1 aromatic heterocycles. The molecule has 6 nitrogen and oxygen atoms in total. The summed E-state index contributed by atoms with van der Waals surface area (Å²) < 4.78 is 0. The number of pyridine rings is 1. The SMILES string of the molecule is Cc1cccc([C@H](C)NC(=O)C(=O)Nc2ccc(C#N)cn2)c1C. The first-order valence-electron chi connectivity index (χ1n) is 7.46. The van der Waals surface area contributed by atoms with E-state index in [0.29, 0.717) is 5.56 Å². The minimum absolute atomic E-state index is 0.216. The van der Waals surface area contributed by atoms with Crippen LogP contribution in [0.25, 0.3) is 0 Å². The molecule has 0 saturated heterocycles. The molecular weight excluding hydrogens is 304 g/mol. The van der Waals surface area contributed by atoms with E-state index in [0.717, 1.165) is 16.7 Å². The topological polar surface area (TPSA) is 94.9 Å². The summed E-state index contributed by atoms with van der Waals surface area (Å²) in [6.45, 7) is 5.80. The van der Waals surface area contributed by atoms with Crippen LogP contribution in [0.5, 0.6) is 0 Å². The van der Waals surface area contributed by atoms with Gasteiger partial charge in [-0.15, -0.1) is 0 Å². The van der Waals surface area contributed by atoms with E-state index in [1.807, 2.05) is 45.0 Å². The van der Waals surface area contributed by atoms with Crippen molar-refractivity contribution in [3.63, 3.8) is 0 Å². The van der Waals surface area contributed by atoms with Gasteiger partial charge in [-0.05, 0) is 49.6 Å². The summed E-state index contributed by atoms with van der Waals surface area (Å²) >= 11 is 0. The molecule has 0 radical (unpaired) electrons. The molecule has 0 aliphatic heterocycles. The van der Waals surface area contributed by atoms with Crippen LogP contribution in [0.1, 0.15) is 35.2 Å². The molecule has 2 N–H and O–H groups in total. The van der Waals surface area contributed by atoms with Gasteiger partial charge in [0.15, 0.2) is 0 Å². The van der Waals surface area contributed by atoms with Crippen molar-refractivity contribution in [1.29, 1.82) is 5.26 Å². The Morgan fingerprint density at radius 1 is 1.17 bits per heavy atom. The first-order valence-corrected chi connectivity index (χ1v) is 7.46. The van der Waals surface area contributed by atoms with Crippen molar-refractivity contribution in [3.8, 4) is 6.07 Å². The van der Waals surface area contributed by atoms with E-state index < -0.39 is 11.8 Å². The number of aryl methyl sites for hydroxylation is 1. The predicted molar refractivity (Wildman–Crippen MR) is 90.1 cm³/mol. The third-order valence-corrected chi connectivity index (χ3v) is 3.80. The zero-order valence-corrected chi connectivity index (χ0v) is 13.8. The van der Waals surface area contributed by atoms with Crippen LogP contribution in [-0.4, -0.2) is 16.8 Å². The van der Waals surface area contributed by atoms with Gasteiger partial charge in [0.2, 0.25) is 0 Å². The Morgan fingerprint density at radius 3 is 2.54 bits per heavy atom. The highest BCUT2D eigenvalue weighted by Crippen LogP contribution is 2.19. The lowest BCUT2D eigenvalue weighted by molar-refractivity contribution is -0.136. The number of amides is 2. The summed E-state index contributed by atoms with van der Waals surface area (Å²) in [4.78, 5) is 27.9. The maximum absolute atomic E-state index is 12.0. The van der Waals surface area contributed by atoms with Crippen molar-refractivity contribution in [2.75, 3.05) is 5.32 Å². The van der Waals surface area contributed by atoms with Crippen LogP contribution in [0.2, 0.25) is 0 Å². The van der Waals surface area contributed by atoms with Crippen LogP contribution in [-0.2, 0) is 9.59 Å². The molecule has 24 heavy (non-hydrogen) atoms. The number of rotatable bonds is 3. The number of benzene rings is 1. The number of carbonyl (C=O) groups excluding carboxylic acids is 2. The van der Waals surface area contributed by atoms with Crippen LogP contribution >= 0.6 is 0 Å². The van der Waals surface area contributed by atoms with Crippen molar-refractivity contribution in [2.45, 2.75) is 26.8 Å². The number of nitrogens with one attached hydrogen (secondary N) is 2. The average molecular weight is 322 g/mol. The molecule has 1 aromatic carbocycles. The fourth-order valence-corrected chi connectivity index (χ4v) is 2.29. The van der Waals surface area contributed by atoms with E-state index in [-0.39, 0.29) is 11.9 Å². The van der Waals surface area contributed by atoms with Crippen LogP contribution in [0, 0.1) is 25.2 Å². The molecule has 0 aliphatic carbocycles. The highest BCUT2D eigenvalue weighted by Gasteiger charge is 2.18. The van der Waals surface area contributed by atoms with Crippen LogP contribution < -0.4 is 10.6 Å². The Balaban J connectivity index is 2.01. The number of hydrogen-bond acceptors (Lipinski definition) is 4. The number of nitrogens with zero attached hydrogens (tertiary/aromatic N) is 2. The number of hydrogen-bond donors (Lipinski definition) is 2. The molecule has 6 heteroatoms. The first kappa shape index (κ1) is 17.2. The van der Waals surface area contributed by atoms with Crippen molar-refractivity contribution in [3.05, 3.63) is 58.8 Å². The predicted octanol–water partition coefficient (Wildman–Crippen LogP) is 2.39. The van der Waals surface area contributed by atoms with Crippen molar-refractivity contribution < 1.29 is 9.59 Å². The molecule has 2 rings (SSSR count). The zero-order valence-electron chi connectivity index (χ0n) is 13.8. The van der Waals surface area contributed by atoms with Crippen molar-refractivity contribution in [2.24, 2.45) is 0 Å². The molecule has 2 aromatic rings. The fraction of sp³-hybridized carbons (Fsp3) is 0.222. The molecule has 122 valence electrons. The third kappa shape index (κ3) is 3.96. The smallest absolute Gasteiger partial charge is 0.314 e. The molecule has 0 bridgehead atoms. The fourth-order valence-electron chi connectivity index (χ4n) is 2.29. The Bertz CT molecular complexity index is 807. The van der Waals surface area contributed by atoms with Gasteiger partial charge in [-0.1, -0.05) is 18.2 Å². The number of nitriles is 1. The van der Waals surface area contributed by atoms with Gasteiger partial charge in [-0.25, -0.2) is 4.98 Å². The average Bonchev–Trinajstić information content (AvgIpc) is 2.57. The van der Waals surface area contributed by atoms with Gasteiger partial charge in [-0.2, -0.15) is 5.26 Å². The third-order valence-electron chi connectivity index (χ3n) is 3.80. The van der Waals surface area contributed by atoms with Crippen LogP contribution in [0.3, 0.4) is 0 Å². The highest BCUT2D eigenvalue weighted by molar-refractivity contribution is 6.39. The Hall–Kier alpha value is -3.20. The second-order valence-corrected chi connectivity index (χ2v) is 5.48. The van der Waals surface area contributed by atoms with Gasteiger partial charge in [0.1, 0.15) is 11.9 Å². The van der Waals surface area contributed by atoms with E-state index >= 15 is 0 Å². The minimum atomic E-state index is -0.802. The van der Waals surface area contributed by atoms with Gasteiger partial charge >= 0.3 is 11.8 Å². The Kier molecular flexibility index (Phi) is 5.27. The van der Waals surface area contributed by atoms with Crippen molar-refractivity contribution >= 4 is 17.6 Å². The lowest BCUT2D eigenvalue weighted by Crippen LogP contribution is -2.37. The second kappa shape index (κ2) is 7.38. The molecule has 1 atom stereocenters. The second-order valence-electron chi connectivity index (χ2n) is 5.48. The highest BCUT2D eigenvalue weighted by atomic mass is 16.2. The molecule has 0 spiro atoms. The summed E-state index contributed by atoms with van der Waals surface area (Å²) in [5.74, 6) is -1.33. The van der Waals surface area contributed by atoms with Gasteiger partial charge in [-0.3, -0.25) is 9.59 Å². The maximum Gasteiger partial charge on any atom is 0.314 e. The normalized spacial score (nSPS) is 11.2. The minimum Gasteiger partial charge on any atom is -0.341 e. The summed E-state index contributed by atoms with van der Waals surface area (Å²) in [6.07, 6.45) is 1.33. The summed E-state index contributed by atoms with van der Waals surface area (Å²) in [6, 6.07) is 10.5. The Labute approximate surface area is 140 Å². The molecule has 0 unspecified atom stereocenters. The molecule has 2 amide bonds. The molecular formula is C18H18N4O2. The first-order chi connectivity index (χ1) is 11.4. The van der Waals surface area contributed by atoms with Crippen molar-refractivity contribution in [1.82, 2.24) is 10.3 Å². The van der Waals surface area contributed by atoms with E-state index in [2.05, 4.69) is 15.6 Å². The molecule has 0 fully saturated rings. The number of anilines is 1. The standard InChI is InChI=1S/C18H18N4O2/c1-11-5-4-6-15(12(11)2)13(3)21-17(23)18(24)22-16-8-7-14(9-19)10-20-16/h4-8,10,13H,1-3H3,(H,21,23)(H,20,22,24)/t13-/m0/s1. The molecule has 0 aliphatic rings. The van der Waals surface area contributed by atoms with Gasteiger partial charge < -0.3 is 10.6 Å². The lowest BCUT2D eigenvalue weighted by Gasteiger charge is -2.17. The quantitative estimate of drug-likeness (QED) is 0.848. The Morgan fingerprint density at radius 2 is 1.92 bits per heavy atom. The maximum atomic E-state index is 12.0. The summed E-state index contributed by atoms with van der Waals surface area (Å²) in [5.41, 5.74) is 3.55. The lowest BCUT2D eigenvalue weighted by atomic mass is 9.98. The van der Waals surface area contributed by atoms with E-state index in [1.165, 1.54) is 18.3 Å². The number of carbonyl (C=O) groups is 2. The van der Waals surface area contributed by atoms with Gasteiger partial charge in [0.25, 0.3) is 0 Å². The van der Waals surface area contributed by atoms with E-state index in [1.54, 1.807) is 0 Å². The monoisotopic (exact) mass is 322 g/mol. The molecule has 0 saturated carbocycles. The van der Waals surface area contributed by atoms with Gasteiger partial charge in [0, 0.05) is 6.20 Å². The molecule has 1 heterocycles. The zero-order chi connectivity index (χ0) is 17.7.